The number of para-hydroxylation sites is 1. The van der Waals surface area contributed by atoms with Crippen LogP contribution in [0.15, 0.2) is 103 Å². The molecule has 0 unspecified atom stereocenters. The Balaban J connectivity index is 1.93. The molecule has 1 heterocycles. The molecule has 4 aromatic carbocycles. The molecule has 180 valence electrons. The maximum Gasteiger partial charge on any atom is 0.263 e. The smallest absolute Gasteiger partial charge is 0.199 e. The first kappa shape index (κ1) is 15.3. The second-order valence-electron chi connectivity index (χ2n) is 9.99. The van der Waals surface area contributed by atoms with Crippen molar-refractivity contribution in [2.75, 3.05) is 0 Å². The molecule has 0 amide bonds. The van der Waals surface area contributed by atoms with E-state index in [9.17, 15) is 0 Å². The third-order valence-corrected chi connectivity index (χ3v) is 6.50. The molecule has 5 aromatic rings. The standard InChI is InChI=1S/C34H35N2/c1-24-13-10-16-28(23-24)30-18-11-17-29(27-14-8-7-9-15-27)33(30)36-22-21-35(26(36)3)32-20-12-19-31(25(32)2)34(4,5)6/h7-23H,1-6H3/q+1/i7D,8D,9D,10D,13D,14D,15D,16D,23D. The molecule has 0 radical (unpaired) electrons. The zero-order chi connectivity index (χ0) is 33.3. The summed E-state index contributed by atoms with van der Waals surface area (Å²) in [5.41, 5.74) is 4.59. The van der Waals surface area contributed by atoms with Gasteiger partial charge in [0.1, 0.15) is 23.8 Å². The minimum Gasteiger partial charge on any atom is -0.199 e. The summed E-state index contributed by atoms with van der Waals surface area (Å²) in [7, 11) is 0. The quantitative estimate of drug-likeness (QED) is 0.229. The fourth-order valence-corrected chi connectivity index (χ4v) is 4.82. The van der Waals surface area contributed by atoms with Crippen molar-refractivity contribution in [3.63, 3.8) is 0 Å². The number of benzene rings is 4. The summed E-state index contributed by atoms with van der Waals surface area (Å²) in [5.74, 6) is 0.725. The summed E-state index contributed by atoms with van der Waals surface area (Å²) in [6.45, 7) is 12.0. The lowest BCUT2D eigenvalue weighted by Crippen LogP contribution is -2.34. The van der Waals surface area contributed by atoms with Crippen LogP contribution in [0.5, 0.6) is 0 Å². The van der Waals surface area contributed by atoms with E-state index in [1.54, 1.807) is 25.1 Å². The van der Waals surface area contributed by atoms with Crippen LogP contribution in [-0.2, 0) is 5.41 Å². The van der Waals surface area contributed by atoms with Gasteiger partial charge >= 0.3 is 0 Å². The predicted molar refractivity (Wildman–Crippen MR) is 151 cm³/mol. The number of aromatic nitrogens is 2. The highest BCUT2D eigenvalue weighted by molar-refractivity contribution is 5.82. The second-order valence-corrected chi connectivity index (χ2v) is 9.99. The Hall–Kier alpha value is -3.91. The molecule has 0 atom stereocenters. The monoisotopic (exact) mass is 480 g/mol. The molecule has 0 saturated heterocycles. The second kappa shape index (κ2) is 9.28. The third kappa shape index (κ3) is 4.28. The molecule has 0 aliphatic carbocycles. The zero-order valence-corrected chi connectivity index (χ0v) is 21.5. The van der Waals surface area contributed by atoms with Gasteiger partial charge in [0, 0.05) is 18.1 Å². The molecule has 36 heavy (non-hydrogen) atoms. The highest BCUT2D eigenvalue weighted by Gasteiger charge is 2.26. The minimum absolute atomic E-state index is 0.0126. The van der Waals surface area contributed by atoms with Crippen molar-refractivity contribution < 1.29 is 16.9 Å². The van der Waals surface area contributed by atoms with E-state index >= 15 is 0 Å². The highest BCUT2D eigenvalue weighted by Crippen LogP contribution is 2.34. The Morgan fingerprint density at radius 2 is 1.44 bits per heavy atom. The summed E-state index contributed by atoms with van der Waals surface area (Å²) >= 11 is 0. The van der Waals surface area contributed by atoms with E-state index in [4.69, 9.17) is 12.3 Å². The average molecular weight is 481 g/mol. The summed E-state index contributed by atoms with van der Waals surface area (Å²) in [4.78, 5) is 0. The van der Waals surface area contributed by atoms with Gasteiger partial charge in [0.25, 0.3) is 5.82 Å². The number of imidazole rings is 1. The Morgan fingerprint density at radius 3 is 2.17 bits per heavy atom. The first-order valence-electron chi connectivity index (χ1n) is 16.5. The fourth-order valence-electron chi connectivity index (χ4n) is 4.82. The van der Waals surface area contributed by atoms with Crippen molar-refractivity contribution in [1.29, 1.82) is 0 Å². The summed E-state index contributed by atoms with van der Waals surface area (Å²) in [6.07, 6.45) is 3.71. The van der Waals surface area contributed by atoms with E-state index in [0.717, 1.165) is 17.1 Å². The molecular weight excluding hydrogens is 436 g/mol. The van der Waals surface area contributed by atoms with Crippen molar-refractivity contribution in [3.05, 3.63) is 126 Å². The van der Waals surface area contributed by atoms with Gasteiger partial charge in [-0.1, -0.05) is 111 Å². The molecule has 0 bridgehead atoms. The van der Waals surface area contributed by atoms with Gasteiger partial charge in [0.2, 0.25) is 0 Å². The van der Waals surface area contributed by atoms with E-state index in [-0.39, 0.29) is 58.4 Å². The van der Waals surface area contributed by atoms with Gasteiger partial charge in [0.05, 0.1) is 12.3 Å². The third-order valence-electron chi connectivity index (χ3n) is 6.50. The minimum atomic E-state index is -0.502. The number of hydrogen-bond donors (Lipinski definition) is 0. The maximum atomic E-state index is 8.93. The lowest BCUT2D eigenvalue weighted by Gasteiger charge is -2.22. The maximum absolute atomic E-state index is 8.93. The largest absolute Gasteiger partial charge is 0.263 e. The van der Waals surface area contributed by atoms with E-state index in [0.29, 0.717) is 16.8 Å². The van der Waals surface area contributed by atoms with Gasteiger partial charge < -0.3 is 0 Å². The van der Waals surface area contributed by atoms with Crippen molar-refractivity contribution >= 4 is 0 Å². The molecule has 0 spiro atoms. The van der Waals surface area contributed by atoms with Crippen LogP contribution in [0.25, 0.3) is 33.6 Å². The van der Waals surface area contributed by atoms with Gasteiger partial charge in [-0.3, -0.25) is 0 Å². The summed E-state index contributed by atoms with van der Waals surface area (Å²) in [6, 6.07) is 8.12. The lowest BCUT2D eigenvalue weighted by atomic mass is 9.83. The van der Waals surface area contributed by atoms with Crippen LogP contribution in [0.1, 0.15) is 55.6 Å². The molecule has 2 nitrogen and oxygen atoms in total. The number of rotatable bonds is 4. The highest BCUT2D eigenvalue weighted by atomic mass is 15.2. The molecule has 0 aliphatic rings. The first-order chi connectivity index (χ1) is 21.0. The van der Waals surface area contributed by atoms with Gasteiger partial charge in [-0.05, 0) is 47.6 Å². The Morgan fingerprint density at radius 1 is 0.778 bits per heavy atom. The first-order valence-corrected chi connectivity index (χ1v) is 12.0. The molecule has 0 N–H and O–H groups in total. The van der Waals surface area contributed by atoms with Crippen molar-refractivity contribution in [2.45, 2.75) is 47.0 Å². The molecule has 2 heteroatoms. The zero-order valence-electron chi connectivity index (χ0n) is 30.5. The molecular formula is C34H35N2+. The molecule has 0 aliphatic heterocycles. The van der Waals surface area contributed by atoms with Gasteiger partial charge in [-0.2, -0.15) is 9.13 Å². The van der Waals surface area contributed by atoms with Gasteiger partial charge in [0.15, 0.2) is 0 Å². The Kier molecular flexibility index (Phi) is 3.93. The average Bonchev–Trinajstić information content (AvgIpc) is 3.37. The SMILES string of the molecule is [2H]c1c([2H])c([2H])c(-c2cccc(-c3c([2H])c([2H])c([2H])c(C)c3[2H])c2-[n+]2ccn(-c3cccc(C(C)(C)C)c3C)c2C)c([2H])c1[2H]. The van der Waals surface area contributed by atoms with E-state index < -0.39 is 18.1 Å². The molecule has 1 aromatic heterocycles. The van der Waals surface area contributed by atoms with Crippen molar-refractivity contribution in [3.8, 4) is 33.6 Å². The summed E-state index contributed by atoms with van der Waals surface area (Å²) in [5, 5.41) is 0. The van der Waals surface area contributed by atoms with Crippen LogP contribution in [-0.4, -0.2) is 4.57 Å². The Labute approximate surface area is 228 Å². The van der Waals surface area contributed by atoms with Crippen LogP contribution in [0, 0.1) is 20.8 Å². The topological polar surface area (TPSA) is 8.81 Å². The van der Waals surface area contributed by atoms with Crippen molar-refractivity contribution in [2.24, 2.45) is 0 Å². The van der Waals surface area contributed by atoms with Crippen LogP contribution >= 0.6 is 0 Å². The van der Waals surface area contributed by atoms with E-state index in [1.807, 2.05) is 40.6 Å². The van der Waals surface area contributed by atoms with Crippen molar-refractivity contribution in [1.82, 2.24) is 4.57 Å². The van der Waals surface area contributed by atoms with Crippen LogP contribution in [0.3, 0.4) is 0 Å². The van der Waals surface area contributed by atoms with Crippen LogP contribution in [0.4, 0.5) is 0 Å². The van der Waals surface area contributed by atoms with Crippen LogP contribution in [0.2, 0.25) is 0 Å². The van der Waals surface area contributed by atoms with Crippen LogP contribution < -0.4 is 4.57 Å². The van der Waals surface area contributed by atoms with E-state index in [1.165, 1.54) is 5.56 Å². The molecule has 5 rings (SSSR count). The van der Waals surface area contributed by atoms with Gasteiger partial charge in [-0.25, -0.2) is 0 Å². The molecule has 0 saturated carbocycles. The Bertz CT molecular complexity index is 1870. The molecule has 0 fully saturated rings. The number of nitrogens with zero attached hydrogens (tertiary/aromatic N) is 2. The van der Waals surface area contributed by atoms with E-state index in [2.05, 4.69) is 33.8 Å². The predicted octanol–water partition coefficient (Wildman–Crippen LogP) is 8.31. The summed E-state index contributed by atoms with van der Waals surface area (Å²) < 4.78 is 80.7. The lowest BCUT2D eigenvalue weighted by molar-refractivity contribution is -0.600. The normalized spacial score (nSPS) is 15.1. The van der Waals surface area contributed by atoms with Gasteiger partial charge in [-0.15, -0.1) is 0 Å². The number of hydrogen-bond acceptors (Lipinski definition) is 0. The fraction of sp³-hybridized carbons (Fsp3) is 0.206.